The fourth-order valence-corrected chi connectivity index (χ4v) is 1.43. The lowest BCUT2D eigenvalue weighted by atomic mass is 10.0. The second kappa shape index (κ2) is 8.31. The Bertz CT molecular complexity index is 138. The molecule has 13 heavy (non-hydrogen) atoms. The van der Waals surface area contributed by atoms with Crippen LogP contribution in [0.1, 0.15) is 52.9 Å². The number of hydrogen-bond donors (Lipinski definition) is 1. The molecule has 0 aliphatic carbocycles. The van der Waals surface area contributed by atoms with Crippen molar-refractivity contribution < 1.29 is 0 Å². The maximum absolute atomic E-state index is 3.26. The highest BCUT2D eigenvalue weighted by atomic mass is 14.8. The summed E-state index contributed by atoms with van der Waals surface area (Å²) in [7, 11) is 2.03. The monoisotopic (exact) mass is 183 g/mol. The van der Waals surface area contributed by atoms with E-state index >= 15 is 0 Å². The molecule has 0 bridgehead atoms. The summed E-state index contributed by atoms with van der Waals surface area (Å²) in [6.45, 7) is 6.74. The SMILES string of the molecule is CCC/C(=C\CCC(C)NC)CC. The summed E-state index contributed by atoms with van der Waals surface area (Å²) in [5, 5.41) is 3.26. The van der Waals surface area contributed by atoms with Crippen molar-refractivity contribution in [3.63, 3.8) is 0 Å². The van der Waals surface area contributed by atoms with E-state index in [1.807, 2.05) is 7.05 Å². The molecule has 0 amide bonds. The van der Waals surface area contributed by atoms with Crippen molar-refractivity contribution in [1.29, 1.82) is 0 Å². The third-order valence-corrected chi connectivity index (χ3v) is 2.55. The Labute approximate surface area is 83.6 Å². The van der Waals surface area contributed by atoms with Crippen molar-refractivity contribution in [2.24, 2.45) is 0 Å². The molecule has 0 spiro atoms. The smallest absolute Gasteiger partial charge is 0.00386 e. The highest BCUT2D eigenvalue weighted by Gasteiger charge is 1.96. The summed E-state index contributed by atoms with van der Waals surface area (Å²) in [5.74, 6) is 0. The lowest BCUT2D eigenvalue weighted by Crippen LogP contribution is -2.20. The van der Waals surface area contributed by atoms with Crippen LogP contribution in [0.2, 0.25) is 0 Å². The topological polar surface area (TPSA) is 12.0 Å². The molecule has 1 atom stereocenters. The Hall–Kier alpha value is -0.300. The van der Waals surface area contributed by atoms with Crippen LogP contribution in [0.3, 0.4) is 0 Å². The second-order valence-corrected chi connectivity index (χ2v) is 3.73. The normalized spacial score (nSPS) is 14.6. The van der Waals surface area contributed by atoms with Crippen LogP contribution < -0.4 is 5.32 Å². The molecule has 0 saturated heterocycles. The van der Waals surface area contributed by atoms with Gasteiger partial charge in [-0.1, -0.05) is 31.9 Å². The first-order valence-corrected chi connectivity index (χ1v) is 5.59. The third-order valence-electron chi connectivity index (χ3n) is 2.55. The minimum atomic E-state index is 0.649. The van der Waals surface area contributed by atoms with Gasteiger partial charge in [-0.25, -0.2) is 0 Å². The largest absolute Gasteiger partial charge is 0.317 e. The van der Waals surface area contributed by atoms with Crippen molar-refractivity contribution in [2.75, 3.05) is 7.05 Å². The van der Waals surface area contributed by atoms with Crippen molar-refractivity contribution >= 4 is 0 Å². The van der Waals surface area contributed by atoms with Crippen LogP contribution in [0.25, 0.3) is 0 Å². The molecule has 0 aromatic carbocycles. The van der Waals surface area contributed by atoms with E-state index in [0.29, 0.717) is 6.04 Å². The Morgan fingerprint density at radius 1 is 1.38 bits per heavy atom. The zero-order valence-corrected chi connectivity index (χ0v) is 9.69. The zero-order valence-electron chi connectivity index (χ0n) is 9.69. The van der Waals surface area contributed by atoms with Gasteiger partial charge in [0.15, 0.2) is 0 Å². The molecule has 0 fully saturated rings. The van der Waals surface area contributed by atoms with Crippen molar-refractivity contribution in [2.45, 2.75) is 58.9 Å². The number of hydrogen-bond acceptors (Lipinski definition) is 1. The molecule has 0 heterocycles. The van der Waals surface area contributed by atoms with Gasteiger partial charge in [0.1, 0.15) is 0 Å². The molecule has 1 unspecified atom stereocenters. The van der Waals surface area contributed by atoms with Gasteiger partial charge in [0.05, 0.1) is 0 Å². The summed E-state index contributed by atoms with van der Waals surface area (Å²) in [6.07, 6.45) is 8.69. The van der Waals surface area contributed by atoms with E-state index in [-0.39, 0.29) is 0 Å². The highest BCUT2D eigenvalue weighted by Crippen LogP contribution is 2.11. The molecule has 78 valence electrons. The van der Waals surface area contributed by atoms with Crippen LogP contribution in [0, 0.1) is 0 Å². The first-order chi connectivity index (χ1) is 6.24. The number of rotatable bonds is 7. The van der Waals surface area contributed by atoms with E-state index < -0.39 is 0 Å². The van der Waals surface area contributed by atoms with E-state index in [2.05, 4.69) is 32.2 Å². The van der Waals surface area contributed by atoms with Gasteiger partial charge in [0, 0.05) is 6.04 Å². The van der Waals surface area contributed by atoms with Gasteiger partial charge in [-0.2, -0.15) is 0 Å². The van der Waals surface area contributed by atoms with Gasteiger partial charge in [-0.15, -0.1) is 0 Å². The molecular formula is C12H25N. The van der Waals surface area contributed by atoms with Crippen LogP contribution >= 0.6 is 0 Å². The fourth-order valence-electron chi connectivity index (χ4n) is 1.43. The lowest BCUT2D eigenvalue weighted by Gasteiger charge is -2.08. The molecule has 0 saturated carbocycles. The van der Waals surface area contributed by atoms with E-state index in [1.165, 1.54) is 32.1 Å². The van der Waals surface area contributed by atoms with Crippen LogP contribution in [0.5, 0.6) is 0 Å². The molecule has 0 aromatic rings. The Balaban J connectivity index is 3.65. The van der Waals surface area contributed by atoms with Crippen LogP contribution in [0.15, 0.2) is 11.6 Å². The van der Waals surface area contributed by atoms with Crippen LogP contribution in [0.4, 0.5) is 0 Å². The minimum absolute atomic E-state index is 0.649. The lowest BCUT2D eigenvalue weighted by molar-refractivity contribution is 0.569. The molecule has 1 nitrogen and oxygen atoms in total. The second-order valence-electron chi connectivity index (χ2n) is 3.73. The summed E-state index contributed by atoms with van der Waals surface area (Å²) < 4.78 is 0. The van der Waals surface area contributed by atoms with Gasteiger partial charge < -0.3 is 5.32 Å². The van der Waals surface area contributed by atoms with Gasteiger partial charge in [-0.3, -0.25) is 0 Å². The van der Waals surface area contributed by atoms with E-state index in [9.17, 15) is 0 Å². The Morgan fingerprint density at radius 2 is 2.08 bits per heavy atom. The van der Waals surface area contributed by atoms with E-state index in [0.717, 1.165) is 0 Å². The Kier molecular flexibility index (Phi) is 8.11. The first-order valence-electron chi connectivity index (χ1n) is 5.59. The molecular weight excluding hydrogens is 158 g/mol. The fraction of sp³-hybridized carbons (Fsp3) is 0.833. The summed E-state index contributed by atoms with van der Waals surface area (Å²) in [4.78, 5) is 0. The van der Waals surface area contributed by atoms with Gasteiger partial charge >= 0.3 is 0 Å². The van der Waals surface area contributed by atoms with Gasteiger partial charge in [0.25, 0.3) is 0 Å². The molecule has 0 aromatic heterocycles. The molecule has 0 aliphatic rings. The summed E-state index contributed by atoms with van der Waals surface area (Å²) in [5.41, 5.74) is 1.63. The summed E-state index contributed by atoms with van der Waals surface area (Å²) >= 11 is 0. The van der Waals surface area contributed by atoms with Crippen molar-refractivity contribution in [1.82, 2.24) is 5.32 Å². The summed E-state index contributed by atoms with van der Waals surface area (Å²) in [6, 6.07) is 0.649. The van der Waals surface area contributed by atoms with E-state index in [1.54, 1.807) is 5.57 Å². The molecule has 1 heteroatoms. The minimum Gasteiger partial charge on any atom is -0.317 e. The average Bonchev–Trinajstić information content (AvgIpc) is 2.16. The quantitative estimate of drug-likeness (QED) is 0.596. The Morgan fingerprint density at radius 3 is 2.54 bits per heavy atom. The van der Waals surface area contributed by atoms with Crippen molar-refractivity contribution in [3.8, 4) is 0 Å². The van der Waals surface area contributed by atoms with Crippen molar-refractivity contribution in [3.05, 3.63) is 11.6 Å². The predicted octanol–water partition coefficient (Wildman–Crippen LogP) is 3.51. The average molecular weight is 183 g/mol. The highest BCUT2D eigenvalue weighted by molar-refractivity contribution is 5.00. The molecule has 1 N–H and O–H groups in total. The number of nitrogens with one attached hydrogen (secondary N) is 1. The van der Waals surface area contributed by atoms with Gasteiger partial charge in [-0.05, 0) is 39.7 Å². The molecule has 0 aliphatic heterocycles. The first kappa shape index (κ1) is 12.7. The number of allylic oxidation sites excluding steroid dienone is 2. The standard InChI is InChI=1S/C12H25N/c1-5-8-12(6-2)10-7-9-11(3)13-4/h10-11,13H,5-9H2,1-4H3/b12-10-. The van der Waals surface area contributed by atoms with Crippen LogP contribution in [-0.4, -0.2) is 13.1 Å². The van der Waals surface area contributed by atoms with Crippen LogP contribution in [-0.2, 0) is 0 Å². The predicted molar refractivity (Wildman–Crippen MR) is 61.0 cm³/mol. The molecule has 0 rings (SSSR count). The maximum Gasteiger partial charge on any atom is 0.00386 e. The third kappa shape index (κ3) is 6.83. The molecule has 0 radical (unpaired) electrons. The van der Waals surface area contributed by atoms with E-state index in [4.69, 9.17) is 0 Å². The maximum atomic E-state index is 3.26. The zero-order chi connectivity index (χ0) is 10.1. The van der Waals surface area contributed by atoms with Gasteiger partial charge in [0.2, 0.25) is 0 Å².